The van der Waals surface area contributed by atoms with Gasteiger partial charge in [-0.1, -0.05) is 23.7 Å². The second-order valence-corrected chi connectivity index (χ2v) is 8.27. The molecule has 0 aliphatic heterocycles. The number of benzene rings is 3. The molecule has 0 aliphatic rings. The number of nitrogens with zero attached hydrogens (tertiary/aromatic N) is 3. The minimum Gasteiger partial charge on any atom is -0.465 e. The number of aromatic amines is 1. The molecular weight excluding hydrogens is 503 g/mol. The number of aromatic nitrogens is 3. The maximum Gasteiger partial charge on any atom is 0.340 e. The van der Waals surface area contributed by atoms with Crippen LogP contribution in [0.4, 0.5) is 10.1 Å². The van der Waals surface area contributed by atoms with Crippen LogP contribution in [0.25, 0.3) is 0 Å². The molecular formula is C26H22ClFN4O5. The van der Waals surface area contributed by atoms with Crippen LogP contribution < -0.4 is 21.7 Å². The Hall–Kier alpha value is -4.44. The van der Waals surface area contributed by atoms with Crippen LogP contribution in [0.15, 0.2) is 81.3 Å². The molecule has 37 heavy (non-hydrogen) atoms. The van der Waals surface area contributed by atoms with Crippen molar-refractivity contribution in [3.8, 4) is 11.5 Å². The van der Waals surface area contributed by atoms with Gasteiger partial charge in [-0.15, -0.1) is 0 Å². The summed E-state index contributed by atoms with van der Waals surface area (Å²) in [6, 6.07) is 17.2. The van der Waals surface area contributed by atoms with Crippen LogP contribution in [0.3, 0.4) is 0 Å². The van der Waals surface area contributed by atoms with E-state index in [4.69, 9.17) is 16.3 Å². The molecule has 0 aliphatic carbocycles. The van der Waals surface area contributed by atoms with Gasteiger partial charge in [0.2, 0.25) is 5.62 Å². The summed E-state index contributed by atoms with van der Waals surface area (Å²) in [5.74, 6) is -0.910. The van der Waals surface area contributed by atoms with Gasteiger partial charge >= 0.3 is 17.3 Å². The normalized spacial score (nSPS) is 11.4. The minimum absolute atomic E-state index is 0.0737. The first kappa shape index (κ1) is 25.6. The topological polar surface area (TPSA) is 108 Å². The lowest BCUT2D eigenvalue weighted by Gasteiger charge is -2.10. The van der Waals surface area contributed by atoms with Crippen molar-refractivity contribution in [2.75, 3.05) is 7.11 Å². The number of esters is 1. The molecule has 4 rings (SSSR count). The number of ether oxygens (including phenoxy) is 2. The van der Waals surface area contributed by atoms with Crippen molar-refractivity contribution in [1.29, 1.82) is 0 Å². The third-order valence-electron chi connectivity index (χ3n) is 5.40. The van der Waals surface area contributed by atoms with Gasteiger partial charge in [-0.05, 0) is 67.1 Å². The third-order valence-corrected chi connectivity index (χ3v) is 5.65. The number of carbonyl (C=O) groups is 1. The highest BCUT2D eigenvalue weighted by molar-refractivity contribution is 6.30. The highest BCUT2D eigenvalue weighted by Crippen LogP contribution is 2.26. The Balaban J connectivity index is 1.67. The van der Waals surface area contributed by atoms with Gasteiger partial charge in [-0.2, -0.15) is 0 Å². The fraction of sp³-hybridized carbons (Fsp3) is 0.154. The summed E-state index contributed by atoms with van der Waals surface area (Å²) in [7, 11) is 1.16. The molecule has 0 atom stereocenters. The van der Waals surface area contributed by atoms with Crippen LogP contribution in [0, 0.1) is 5.82 Å². The van der Waals surface area contributed by atoms with Gasteiger partial charge in [-0.25, -0.2) is 28.3 Å². The molecule has 3 aromatic carbocycles. The van der Waals surface area contributed by atoms with E-state index in [1.165, 1.54) is 16.7 Å². The molecule has 4 aromatic rings. The summed E-state index contributed by atoms with van der Waals surface area (Å²) in [6.45, 7) is 2.07. The smallest absolute Gasteiger partial charge is 0.340 e. The Labute approximate surface area is 215 Å². The zero-order chi connectivity index (χ0) is 26.5. The van der Waals surface area contributed by atoms with Crippen LogP contribution in [0.1, 0.15) is 22.8 Å². The molecule has 0 fully saturated rings. The van der Waals surface area contributed by atoms with Crippen LogP contribution in [0.2, 0.25) is 5.02 Å². The van der Waals surface area contributed by atoms with Crippen molar-refractivity contribution in [2.24, 2.45) is 4.99 Å². The Kier molecular flexibility index (Phi) is 7.69. The maximum absolute atomic E-state index is 13.9. The van der Waals surface area contributed by atoms with E-state index >= 15 is 0 Å². The van der Waals surface area contributed by atoms with E-state index in [0.717, 1.165) is 23.3 Å². The fourth-order valence-electron chi connectivity index (χ4n) is 3.52. The molecule has 11 heteroatoms. The highest BCUT2D eigenvalue weighted by Gasteiger charge is 2.14. The average molecular weight is 525 g/mol. The van der Waals surface area contributed by atoms with Gasteiger partial charge in [0, 0.05) is 11.6 Å². The molecule has 0 amide bonds. The van der Waals surface area contributed by atoms with Crippen LogP contribution in [0.5, 0.6) is 11.5 Å². The van der Waals surface area contributed by atoms with E-state index in [2.05, 4.69) is 14.7 Å². The predicted octanol–water partition coefficient (Wildman–Crippen LogP) is 4.01. The predicted molar refractivity (Wildman–Crippen MR) is 135 cm³/mol. The minimum atomic E-state index is -0.817. The number of hydrogen-bond donors (Lipinski definition) is 1. The molecule has 0 bridgehead atoms. The third kappa shape index (κ3) is 5.87. The molecule has 1 aromatic heterocycles. The molecule has 190 valence electrons. The van der Waals surface area contributed by atoms with Gasteiger partial charge in [0.15, 0.2) is 0 Å². The van der Waals surface area contributed by atoms with E-state index < -0.39 is 23.2 Å². The average Bonchev–Trinajstić information content (AvgIpc) is 2.89. The molecule has 1 N–H and O–H groups in total. The monoisotopic (exact) mass is 524 g/mol. The first-order valence-electron chi connectivity index (χ1n) is 11.2. The number of halogens is 2. The quantitative estimate of drug-likeness (QED) is 0.368. The molecule has 0 unspecified atom stereocenters. The Morgan fingerprint density at radius 2 is 1.68 bits per heavy atom. The second kappa shape index (κ2) is 11.1. The summed E-state index contributed by atoms with van der Waals surface area (Å²) in [6.07, 6.45) is 0. The zero-order valence-corrected chi connectivity index (χ0v) is 20.7. The van der Waals surface area contributed by atoms with Crippen molar-refractivity contribution in [3.05, 3.63) is 115 Å². The van der Waals surface area contributed by atoms with Gasteiger partial charge in [-0.3, -0.25) is 9.55 Å². The zero-order valence-electron chi connectivity index (χ0n) is 19.9. The van der Waals surface area contributed by atoms with Gasteiger partial charge in [0.25, 0.3) is 0 Å². The Bertz CT molecular complexity index is 1620. The lowest BCUT2D eigenvalue weighted by molar-refractivity contribution is 0.0595. The molecule has 9 nitrogen and oxygen atoms in total. The van der Waals surface area contributed by atoms with E-state index in [1.54, 1.807) is 55.5 Å². The van der Waals surface area contributed by atoms with E-state index in [-0.39, 0.29) is 30.0 Å². The molecule has 0 spiro atoms. The van der Waals surface area contributed by atoms with Crippen molar-refractivity contribution >= 4 is 23.3 Å². The molecule has 0 radical (unpaired) electrons. The maximum atomic E-state index is 13.9. The Morgan fingerprint density at radius 3 is 2.32 bits per heavy atom. The first-order chi connectivity index (χ1) is 17.8. The number of hydrogen-bond acceptors (Lipinski definition) is 6. The van der Waals surface area contributed by atoms with Crippen LogP contribution >= 0.6 is 11.6 Å². The van der Waals surface area contributed by atoms with E-state index in [9.17, 15) is 18.8 Å². The van der Waals surface area contributed by atoms with Gasteiger partial charge < -0.3 is 9.47 Å². The summed E-state index contributed by atoms with van der Waals surface area (Å²) in [4.78, 5) is 44.3. The summed E-state index contributed by atoms with van der Waals surface area (Å²) >= 11 is 5.97. The van der Waals surface area contributed by atoms with E-state index in [0.29, 0.717) is 16.5 Å². The van der Waals surface area contributed by atoms with Gasteiger partial charge in [0.05, 0.1) is 24.9 Å². The van der Waals surface area contributed by atoms with Crippen molar-refractivity contribution in [1.82, 2.24) is 14.1 Å². The molecule has 0 saturated heterocycles. The Morgan fingerprint density at radius 1 is 1.00 bits per heavy atom. The van der Waals surface area contributed by atoms with Crippen molar-refractivity contribution in [3.63, 3.8) is 0 Å². The number of H-pyrrole nitrogens is 1. The van der Waals surface area contributed by atoms with E-state index in [1.807, 2.05) is 0 Å². The van der Waals surface area contributed by atoms with Crippen LogP contribution in [-0.2, 0) is 17.8 Å². The van der Waals surface area contributed by atoms with Crippen molar-refractivity contribution in [2.45, 2.75) is 20.0 Å². The summed E-state index contributed by atoms with van der Waals surface area (Å²) < 4.78 is 26.6. The fourth-order valence-corrected chi connectivity index (χ4v) is 3.64. The number of rotatable bonds is 7. The largest absolute Gasteiger partial charge is 0.465 e. The number of methoxy groups -OCH3 is 1. The van der Waals surface area contributed by atoms with Crippen LogP contribution in [-0.4, -0.2) is 27.2 Å². The van der Waals surface area contributed by atoms with Gasteiger partial charge in [0.1, 0.15) is 17.3 Å². The SMILES string of the molecule is CCn1c(=O)[nH]/c(=N\c2ccc(Oc3ccc(F)c(C(=O)OC)c3)cc2)n(Cc2ccc(Cl)cc2)c1=O. The highest BCUT2D eigenvalue weighted by atomic mass is 35.5. The van der Waals surface area contributed by atoms with Crippen molar-refractivity contribution < 1.29 is 18.7 Å². The summed E-state index contributed by atoms with van der Waals surface area (Å²) in [5, 5.41) is 0.565. The lowest BCUT2D eigenvalue weighted by Crippen LogP contribution is -2.49. The standard InChI is InChI=1S/C26H22ClFN4O5/c1-3-31-25(34)30-24(32(26(31)35)15-16-4-6-17(27)7-5-16)29-18-8-10-19(11-9-18)37-20-12-13-22(28)21(14-20)23(33)36-2/h4-14H,3,15H2,1-2H3,(H,29,30,34). The second-order valence-electron chi connectivity index (χ2n) is 7.83. The summed E-state index contributed by atoms with van der Waals surface area (Å²) in [5.41, 5.74) is -0.0102. The molecule has 0 saturated carbocycles. The number of carbonyl (C=O) groups excluding carboxylic acids is 1. The number of nitrogens with one attached hydrogen (secondary N) is 1. The lowest BCUT2D eigenvalue weighted by atomic mass is 10.2. The molecule has 1 heterocycles. The first-order valence-corrected chi connectivity index (χ1v) is 11.6.